The molecule has 1 aliphatic carbocycles. The maximum absolute atomic E-state index is 11.9. The molecule has 8 heteroatoms. The normalized spacial score (nSPS) is 14.0. The molecule has 7 nitrogen and oxygen atoms in total. The zero-order chi connectivity index (χ0) is 19.4. The van der Waals surface area contributed by atoms with Gasteiger partial charge in [0.15, 0.2) is 5.96 Å². The second kappa shape index (κ2) is 8.26. The van der Waals surface area contributed by atoms with Crippen LogP contribution in [0.1, 0.15) is 40.5 Å². The van der Waals surface area contributed by atoms with Gasteiger partial charge in [-0.2, -0.15) is 0 Å². The summed E-state index contributed by atoms with van der Waals surface area (Å²) in [4.78, 5) is 20.8. The van der Waals surface area contributed by atoms with Gasteiger partial charge in [-0.05, 0) is 43.2 Å². The first kappa shape index (κ1) is 19.0. The number of aromatic nitrogens is 1. The number of hydrogen-bond donors (Lipinski definition) is 2. The fourth-order valence-electron chi connectivity index (χ4n) is 2.65. The van der Waals surface area contributed by atoms with Gasteiger partial charge in [-0.15, -0.1) is 0 Å². The van der Waals surface area contributed by atoms with Crippen molar-refractivity contribution in [2.45, 2.75) is 25.3 Å². The van der Waals surface area contributed by atoms with Crippen LogP contribution in [-0.2, 0) is 11.3 Å². The number of rotatable bonds is 6. The van der Waals surface area contributed by atoms with Gasteiger partial charge in [-0.25, -0.2) is 9.79 Å². The second-order valence-corrected chi connectivity index (χ2v) is 6.58. The Morgan fingerprint density at radius 1 is 1.33 bits per heavy atom. The van der Waals surface area contributed by atoms with E-state index in [0.717, 1.165) is 24.2 Å². The van der Waals surface area contributed by atoms with Gasteiger partial charge in [0.2, 0.25) is 0 Å². The van der Waals surface area contributed by atoms with E-state index in [-0.39, 0.29) is 11.9 Å². The van der Waals surface area contributed by atoms with Crippen LogP contribution >= 0.6 is 11.6 Å². The van der Waals surface area contributed by atoms with Crippen molar-refractivity contribution in [1.29, 1.82) is 0 Å². The number of hydrogen-bond acceptors (Lipinski definition) is 5. The number of esters is 1. The third-order valence-corrected chi connectivity index (χ3v) is 4.48. The van der Waals surface area contributed by atoms with Gasteiger partial charge < -0.3 is 20.5 Å². The highest BCUT2D eigenvalue weighted by Gasteiger charge is 2.30. The number of carbonyl (C=O) groups excluding carboxylic acids is 1. The summed E-state index contributed by atoms with van der Waals surface area (Å²) in [6, 6.07) is 8.75. The zero-order valence-corrected chi connectivity index (χ0v) is 15.9. The third kappa shape index (κ3) is 4.68. The van der Waals surface area contributed by atoms with Crippen molar-refractivity contribution in [2.75, 3.05) is 19.5 Å². The number of nitrogens with two attached hydrogens (primary N) is 1. The summed E-state index contributed by atoms with van der Waals surface area (Å²) < 4.78 is 9.95. The highest BCUT2D eigenvalue weighted by atomic mass is 35.5. The van der Waals surface area contributed by atoms with Crippen LogP contribution in [-0.4, -0.2) is 31.1 Å². The molecule has 1 fully saturated rings. The number of halogens is 1. The molecule has 0 saturated heterocycles. The first-order valence-electron chi connectivity index (χ1n) is 8.50. The van der Waals surface area contributed by atoms with Crippen LogP contribution < -0.4 is 15.8 Å². The molecule has 0 amide bonds. The smallest absolute Gasteiger partial charge is 0.339 e. The standard InChI is InChI=1S/C19H21ClN4O3/c1-26-16-8-6-12(9-15(16)20)24-19(21)22-10-13-5-7-14(18(25)27-2)17(23-13)11-3-4-11/h5-9,11H,3-4,10H2,1-2H3,(H3,21,22,24). The third-order valence-electron chi connectivity index (χ3n) is 4.19. The van der Waals surface area contributed by atoms with Crippen molar-refractivity contribution in [3.05, 3.63) is 52.3 Å². The largest absolute Gasteiger partial charge is 0.495 e. The van der Waals surface area contributed by atoms with E-state index in [1.165, 1.54) is 7.11 Å². The molecule has 1 aromatic heterocycles. The second-order valence-electron chi connectivity index (χ2n) is 6.18. The van der Waals surface area contributed by atoms with Gasteiger partial charge in [0.1, 0.15) is 5.75 Å². The Bertz CT molecular complexity index is 881. The Balaban J connectivity index is 1.70. The number of nitrogens with one attached hydrogen (secondary N) is 1. The van der Waals surface area contributed by atoms with E-state index in [9.17, 15) is 4.79 Å². The molecule has 1 saturated carbocycles. The van der Waals surface area contributed by atoms with Crippen molar-refractivity contribution in [3.63, 3.8) is 0 Å². The molecule has 0 spiro atoms. The van der Waals surface area contributed by atoms with Crippen molar-refractivity contribution >= 4 is 29.2 Å². The number of carbonyl (C=O) groups is 1. The maximum Gasteiger partial charge on any atom is 0.339 e. The molecule has 0 atom stereocenters. The predicted molar refractivity (Wildman–Crippen MR) is 105 cm³/mol. The molecular formula is C19H21ClN4O3. The Hall–Kier alpha value is -2.80. The molecule has 1 heterocycles. The van der Waals surface area contributed by atoms with Crippen LogP contribution in [0.5, 0.6) is 5.75 Å². The Kier molecular flexibility index (Phi) is 5.81. The summed E-state index contributed by atoms with van der Waals surface area (Å²) in [5.41, 5.74) is 8.69. The van der Waals surface area contributed by atoms with Gasteiger partial charge in [-0.3, -0.25) is 4.98 Å². The minimum atomic E-state index is -0.364. The van der Waals surface area contributed by atoms with E-state index in [2.05, 4.69) is 15.3 Å². The Labute approximate surface area is 162 Å². The highest BCUT2D eigenvalue weighted by molar-refractivity contribution is 6.32. The molecule has 0 bridgehead atoms. The predicted octanol–water partition coefficient (Wildman–Crippen LogP) is 3.33. The van der Waals surface area contributed by atoms with Crippen LogP contribution in [0.2, 0.25) is 5.02 Å². The van der Waals surface area contributed by atoms with Crippen molar-refractivity contribution in [1.82, 2.24) is 4.98 Å². The summed E-state index contributed by atoms with van der Waals surface area (Å²) >= 11 is 6.10. The van der Waals surface area contributed by atoms with Crippen molar-refractivity contribution in [2.24, 2.45) is 10.7 Å². The monoisotopic (exact) mass is 388 g/mol. The number of guanidine groups is 1. The molecule has 142 valence electrons. The van der Waals surface area contributed by atoms with Crippen molar-refractivity contribution in [3.8, 4) is 5.75 Å². The van der Waals surface area contributed by atoms with E-state index < -0.39 is 0 Å². The summed E-state index contributed by atoms with van der Waals surface area (Å²) in [7, 11) is 2.92. The number of pyridine rings is 1. The quantitative estimate of drug-likeness (QED) is 0.447. The minimum absolute atomic E-state index is 0.239. The molecule has 0 aliphatic heterocycles. The molecule has 1 aromatic carbocycles. The van der Waals surface area contributed by atoms with E-state index >= 15 is 0 Å². The van der Waals surface area contributed by atoms with Gasteiger partial charge in [0.05, 0.1) is 42.7 Å². The van der Waals surface area contributed by atoms with Crippen LogP contribution in [0.4, 0.5) is 5.69 Å². The lowest BCUT2D eigenvalue weighted by Gasteiger charge is -2.09. The number of benzene rings is 1. The Morgan fingerprint density at radius 3 is 2.74 bits per heavy atom. The summed E-state index contributed by atoms with van der Waals surface area (Å²) in [5, 5.41) is 3.45. The number of aliphatic imine (C=N–C) groups is 1. The number of ether oxygens (including phenoxy) is 2. The molecule has 0 radical (unpaired) electrons. The average molecular weight is 389 g/mol. The van der Waals surface area contributed by atoms with Crippen LogP contribution in [0.3, 0.4) is 0 Å². The molecule has 3 rings (SSSR count). The molecular weight excluding hydrogens is 368 g/mol. The number of methoxy groups -OCH3 is 2. The lowest BCUT2D eigenvalue weighted by molar-refractivity contribution is 0.0598. The van der Waals surface area contributed by atoms with Crippen molar-refractivity contribution < 1.29 is 14.3 Å². The SMILES string of the molecule is COC(=O)c1ccc(CN=C(N)Nc2ccc(OC)c(Cl)c2)nc1C1CC1. The van der Waals surface area contributed by atoms with E-state index in [1.807, 2.05) is 0 Å². The fourth-order valence-corrected chi connectivity index (χ4v) is 2.91. The maximum atomic E-state index is 11.9. The highest BCUT2D eigenvalue weighted by Crippen LogP contribution is 2.40. The Morgan fingerprint density at radius 2 is 2.11 bits per heavy atom. The van der Waals surface area contributed by atoms with Gasteiger partial charge >= 0.3 is 5.97 Å². The lowest BCUT2D eigenvalue weighted by Crippen LogP contribution is -2.22. The van der Waals surface area contributed by atoms with Crippen LogP contribution in [0.25, 0.3) is 0 Å². The summed E-state index contributed by atoms with van der Waals surface area (Å²) in [6.45, 7) is 0.296. The first-order valence-corrected chi connectivity index (χ1v) is 8.88. The average Bonchev–Trinajstić information content (AvgIpc) is 3.51. The lowest BCUT2D eigenvalue weighted by atomic mass is 10.1. The van der Waals surface area contributed by atoms with E-state index in [4.69, 9.17) is 26.8 Å². The van der Waals surface area contributed by atoms with E-state index in [1.54, 1.807) is 37.4 Å². The summed E-state index contributed by atoms with van der Waals surface area (Å²) in [5.74, 6) is 0.778. The molecule has 2 aromatic rings. The topological polar surface area (TPSA) is 98.8 Å². The molecule has 1 aliphatic rings. The number of nitrogens with zero attached hydrogens (tertiary/aromatic N) is 2. The minimum Gasteiger partial charge on any atom is -0.495 e. The summed E-state index contributed by atoms with van der Waals surface area (Å²) in [6.07, 6.45) is 2.07. The van der Waals surface area contributed by atoms with Crippen LogP contribution in [0.15, 0.2) is 35.3 Å². The number of anilines is 1. The van der Waals surface area contributed by atoms with Crippen LogP contribution in [0, 0.1) is 0 Å². The first-order chi connectivity index (χ1) is 13.0. The fraction of sp³-hybridized carbons (Fsp3) is 0.316. The molecule has 0 unspecified atom stereocenters. The van der Waals surface area contributed by atoms with Gasteiger partial charge in [0, 0.05) is 11.6 Å². The van der Waals surface area contributed by atoms with Gasteiger partial charge in [-0.1, -0.05) is 11.6 Å². The van der Waals surface area contributed by atoms with Gasteiger partial charge in [0.25, 0.3) is 0 Å². The molecule has 3 N–H and O–H groups in total. The zero-order valence-electron chi connectivity index (χ0n) is 15.2. The van der Waals surface area contributed by atoms with E-state index in [0.29, 0.717) is 34.5 Å². The molecule has 27 heavy (non-hydrogen) atoms.